The number of ether oxygens (including phenoxy) is 2. The number of benzene rings is 1. The van der Waals surface area contributed by atoms with Gasteiger partial charge in [-0.2, -0.15) is 0 Å². The number of carbonyl (C=O) groups is 2. The predicted octanol–water partition coefficient (Wildman–Crippen LogP) is 3.04. The SMILES string of the molecule is COC1CCC2(CC1)NC(=O)C(c1cc(C)ccc1C)=C2OC(C)=O. The van der Waals surface area contributed by atoms with Crippen LogP contribution < -0.4 is 5.32 Å². The van der Waals surface area contributed by atoms with Gasteiger partial charge in [0.1, 0.15) is 5.76 Å². The number of carbonyl (C=O) groups excluding carboxylic acids is 2. The predicted molar refractivity (Wildman–Crippen MR) is 94.7 cm³/mol. The molecule has 134 valence electrons. The summed E-state index contributed by atoms with van der Waals surface area (Å²) in [5.41, 5.74) is 2.77. The lowest BCUT2D eigenvalue weighted by Gasteiger charge is -2.37. The van der Waals surface area contributed by atoms with Gasteiger partial charge >= 0.3 is 5.97 Å². The number of hydrogen-bond acceptors (Lipinski definition) is 4. The molecule has 5 heteroatoms. The van der Waals surface area contributed by atoms with Crippen LogP contribution in [0.4, 0.5) is 0 Å². The third-order valence-corrected chi connectivity index (χ3v) is 5.27. The minimum absolute atomic E-state index is 0.166. The molecule has 1 aliphatic carbocycles. The number of esters is 1. The van der Waals surface area contributed by atoms with Crippen LogP contribution in [-0.2, 0) is 19.1 Å². The molecule has 1 spiro atoms. The van der Waals surface area contributed by atoms with E-state index in [1.165, 1.54) is 6.92 Å². The molecule has 0 atom stereocenters. The van der Waals surface area contributed by atoms with Crippen molar-refractivity contribution in [2.24, 2.45) is 0 Å². The highest BCUT2D eigenvalue weighted by Gasteiger charge is 2.49. The van der Waals surface area contributed by atoms with E-state index < -0.39 is 11.5 Å². The lowest BCUT2D eigenvalue weighted by molar-refractivity contribution is -0.138. The average molecular weight is 343 g/mol. The van der Waals surface area contributed by atoms with Crippen molar-refractivity contribution >= 4 is 17.4 Å². The number of amides is 1. The van der Waals surface area contributed by atoms with Gasteiger partial charge in [-0.1, -0.05) is 23.8 Å². The highest BCUT2D eigenvalue weighted by molar-refractivity contribution is 6.24. The quantitative estimate of drug-likeness (QED) is 0.857. The van der Waals surface area contributed by atoms with Crippen molar-refractivity contribution in [3.63, 3.8) is 0 Å². The molecule has 0 saturated heterocycles. The number of rotatable bonds is 3. The molecule has 3 rings (SSSR count). The molecule has 1 fully saturated rings. The highest BCUT2D eigenvalue weighted by atomic mass is 16.5. The van der Waals surface area contributed by atoms with Gasteiger partial charge in [0.05, 0.1) is 17.2 Å². The van der Waals surface area contributed by atoms with Gasteiger partial charge in [0.25, 0.3) is 5.91 Å². The first-order chi connectivity index (χ1) is 11.9. The number of nitrogens with one attached hydrogen (secondary N) is 1. The minimum Gasteiger partial charge on any atom is -0.428 e. The molecule has 1 aromatic rings. The van der Waals surface area contributed by atoms with E-state index in [1.54, 1.807) is 7.11 Å². The lowest BCUT2D eigenvalue weighted by Crippen LogP contribution is -2.49. The van der Waals surface area contributed by atoms with Crippen molar-refractivity contribution in [1.29, 1.82) is 0 Å². The second kappa shape index (κ2) is 6.64. The van der Waals surface area contributed by atoms with Crippen LogP contribution in [0.15, 0.2) is 24.0 Å². The van der Waals surface area contributed by atoms with Crippen molar-refractivity contribution in [2.75, 3.05) is 7.11 Å². The van der Waals surface area contributed by atoms with Crippen LogP contribution in [0.5, 0.6) is 0 Å². The molecule has 0 bridgehead atoms. The zero-order valence-electron chi connectivity index (χ0n) is 15.3. The van der Waals surface area contributed by atoms with Gasteiger partial charge in [0.2, 0.25) is 0 Å². The fourth-order valence-electron chi connectivity index (χ4n) is 3.89. The van der Waals surface area contributed by atoms with E-state index in [1.807, 2.05) is 32.0 Å². The van der Waals surface area contributed by atoms with Crippen LogP contribution in [0.3, 0.4) is 0 Å². The summed E-state index contributed by atoms with van der Waals surface area (Å²) in [6, 6.07) is 5.98. The summed E-state index contributed by atoms with van der Waals surface area (Å²) in [6.45, 7) is 5.33. The first kappa shape index (κ1) is 17.7. The summed E-state index contributed by atoms with van der Waals surface area (Å²) >= 11 is 0. The Morgan fingerprint density at radius 3 is 2.52 bits per heavy atom. The Bertz CT molecular complexity index is 742. The Kier molecular flexibility index (Phi) is 4.69. The fourth-order valence-corrected chi connectivity index (χ4v) is 3.89. The Hall–Kier alpha value is -2.14. The van der Waals surface area contributed by atoms with Crippen molar-refractivity contribution in [1.82, 2.24) is 5.32 Å². The Morgan fingerprint density at radius 1 is 1.24 bits per heavy atom. The van der Waals surface area contributed by atoms with E-state index in [0.29, 0.717) is 24.2 Å². The zero-order chi connectivity index (χ0) is 18.2. The van der Waals surface area contributed by atoms with Crippen molar-refractivity contribution in [2.45, 2.75) is 58.1 Å². The topological polar surface area (TPSA) is 64.6 Å². The lowest BCUT2D eigenvalue weighted by atomic mass is 9.79. The van der Waals surface area contributed by atoms with Gasteiger partial charge < -0.3 is 14.8 Å². The Balaban J connectivity index is 2.11. The van der Waals surface area contributed by atoms with E-state index in [0.717, 1.165) is 29.5 Å². The van der Waals surface area contributed by atoms with Crippen molar-refractivity contribution in [3.8, 4) is 0 Å². The van der Waals surface area contributed by atoms with Crippen LogP contribution >= 0.6 is 0 Å². The second-order valence-corrected chi connectivity index (χ2v) is 7.09. The summed E-state index contributed by atoms with van der Waals surface area (Å²) in [5.74, 6) is -0.0865. The molecule has 5 nitrogen and oxygen atoms in total. The maximum atomic E-state index is 12.9. The third-order valence-electron chi connectivity index (χ3n) is 5.27. The number of aryl methyl sites for hydroxylation is 2. The van der Waals surface area contributed by atoms with Gasteiger partial charge in [-0.15, -0.1) is 0 Å². The summed E-state index contributed by atoms with van der Waals surface area (Å²) in [6.07, 6.45) is 3.23. The van der Waals surface area contributed by atoms with E-state index in [9.17, 15) is 9.59 Å². The standard InChI is InChI=1S/C20H25NO4/c1-12-5-6-13(2)16(11-12)17-18(25-14(3)22)20(21-19(17)23)9-7-15(24-4)8-10-20/h5-6,11,15H,7-10H2,1-4H3,(H,21,23). The molecule has 1 aliphatic heterocycles. The van der Waals surface area contributed by atoms with E-state index >= 15 is 0 Å². The van der Waals surface area contributed by atoms with Crippen LogP contribution in [0.25, 0.3) is 5.57 Å². The van der Waals surface area contributed by atoms with E-state index in [4.69, 9.17) is 9.47 Å². The zero-order valence-corrected chi connectivity index (χ0v) is 15.3. The summed E-state index contributed by atoms with van der Waals surface area (Å²) in [4.78, 5) is 24.6. The Morgan fingerprint density at radius 2 is 1.92 bits per heavy atom. The molecule has 1 heterocycles. The monoisotopic (exact) mass is 343 g/mol. The highest BCUT2D eigenvalue weighted by Crippen LogP contribution is 2.44. The van der Waals surface area contributed by atoms with Gasteiger partial charge in [-0.25, -0.2) is 0 Å². The van der Waals surface area contributed by atoms with Gasteiger partial charge in [-0.05, 0) is 50.7 Å². The average Bonchev–Trinajstić information content (AvgIpc) is 2.82. The molecule has 1 aromatic carbocycles. The molecule has 1 saturated carbocycles. The van der Waals surface area contributed by atoms with Crippen molar-refractivity contribution in [3.05, 3.63) is 40.6 Å². The largest absolute Gasteiger partial charge is 0.428 e. The molecule has 0 radical (unpaired) electrons. The van der Waals surface area contributed by atoms with Crippen molar-refractivity contribution < 1.29 is 19.1 Å². The first-order valence-corrected chi connectivity index (χ1v) is 8.72. The molecular weight excluding hydrogens is 318 g/mol. The van der Waals surface area contributed by atoms with Gasteiger partial charge in [-0.3, -0.25) is 9.59 Å². The summed E-state index contributed by atoms with van der Waals surface area (Å²) < 4.78 is 11.1. The van der Waals surface area contributed by atoms with E-state index in [2.05, 4.69) is 5.32 Å². The molecule has 1 amide bonds. The fraction of sp³-hybridized carbons (Fsp3) is 0.500. The first-order valence-electron chi connectivity index (χ1n) is 8.72. The van der Waals surface area contributed by atoms with Crippen LogP contribution in [0.2, 0.25) is 0 Å². The molecule has 25 heavy (non-hydrogen) atoms. The number of methoxy groups -OCH3 is 1. The van der Waals surface area contributed by atoms with E-state index in [-0.39, 0.29) is 12.0 Å². The maximum Gasteiger partial charge on any atom is 0.307 e. The maximum absolute atomic E-state index is 12.9. The molecular formula is C20H25NO4. The van der Waals surface area contributed by atoms with Gasteiger partial charge in [0, 0.05) is 14.0 Å². The van der Waals surface area contributed by atoms with Crippen LogP contribution in [0.1, 0.15) is 49.3 Å². The third kappa shape index (κ3) is 3.21. The molecule has 2 aliphatic rings. The molecule has 1 N–H and O–H groups in total. The van der Waals surface area contributed by atoms with Crippen LogP contribution in [0, 0.1) is 13.8 Å². The smallest absolute Gasteiger partial charge is 0.307 e. The van der Waals surface area contributed by atoms with Gasteiger partial charge in [0.15, 0.2) is 0 Å². The number of hydrogen-bond donors (Lipinski definition) is 1. The normalized spacial score (nSPS) is 26.1. The summed E-state index contributed by atoms with van der Waals surface area (Å²) in [7, 11) is 1.71. The minimum atomic E-state index is -0.608. The second-order valence-electron chi connectivity index (χ2n) is 7.09. The Labute approximate surface area is 148 Å². The van der Waals surface area contributed by atoms with Crippen LogP contribution in [-0.4, -0.2) is 30.6 Å². The molecule has 0 unspecified atom stereocenters. The molecule has 0 aromatic heterocycles. The summed E-state index contributed by atoms with van der Waals surface area (Å²) in [5, 5.41) is 3.12.